The van der Waals surface area contributed by atoms with Crippen LogP contribution in [0.15, 0.2) is 24.3 Å². The number of carbonyl (C=O) groups excluding carboxylic acids is 2. The molecule has 4 fully saturated rings. The molecule has 6 heteroatoms. The smallest absolute Gasteiger partial charge is 0.411 e. The molecule has 0 radical (unpaired) electrons. The first-order valence-electron chi connectivity index (χ1n) is 12.0. The molecule has 2 saturated carbocycles. The summed E-state index contributed by atoms with van der Waals surface area (Å²) in [7, 11) is 0. The number of anilines is 1. The van der Waals surface area contributed by atoms with Crippen molar-refractivity contribution < 1.29 is 14.3 Å². The van der Waals surface area contributed by atoms with Gasteiger partial charge in [-0.15, -0.1) is 6.42 Å². The van der Waals surface area contributed by atoms with Gasteiger partial charge in [0.2, 0.25) is 5.91 Å². The first-order valence-corrected chi connectivity index (χ1v) is 12.0. The second kappa shape index (κ2) is 6.99. The first-order chi connectivity index (χ1) is 15.5. The van der Waals surface area contributed by atoms with Crippen LogP contribution in [0.2, 0.25) is 0 Å². The van der Waals surface area contributed by atoms with Crippen LogP contribution in [-0.4, -0.2) is 65.7 Å². The third-order valence-corrected chi connectivity index (χ3v) is 9.24. The highest BCUT2D eigenvalue weighted by molar-refractivity contribution is 5.94. The van der Waals surface area contributed by atoms with Crippen molar-refractivity contribution >= 4 is 17.7 Å². The lowest BCUT2D eigenvalue weighted by atomic mass is 9.74. The fourth-order valence-electron chi connectivity index (χ4n) is 7.78. The minimum Gasteiger partial charge on any atom is -0.436 e. The summed E-state index contributed by atoms with van der Waals surface area (Å²) in [6.45, 7) is 4.65. The Morgan fingerprint density at radius 1 is 1.22 bits per heavy atom. The van der Waals surface area contributed by atoms with Gasteiger partial charge in [0.1, 0.15) is 0 Å². The van der Waals surface area contributed by atoms with Gasteiger partial charge in [0.25, 0.3) is 0 Å². The van der Waals surface area contributed by atoms with E-state index in [1.165, 1.54) is 18.4 Å². The Bertz CT molecular complexity index is 1010. The van der Waals surface area contributed by atoms with Crippen molar-refractivity contribution in [2.24, 2.45) is 5.92 Å². The highest BCUT2D eigenvalue weighted by atomic mass is 16.6. The average molecular weight is 434 g/mol. The standard InChI is InChI=1S/C26H31N3O3/c1-3-14-32-24(31)29-23-9-8-19-15-20(16-26(19,23)29)27-12-10-25(11-13-27)17-28(18(2)30)22-7-5-4-6-21(22)25/h1,4-7,19-20,23H,8-17H2,2H3. The topological polar surface area (TPSA) is 52.9 Å². The van der Waals surface area contributed by atoms with Crippen LogP contribution in [0, 0.1) is 18.3 Å². The molecule has 2 amide bonds. The molecule has 1 aromatic carbocycles. The maximum Gasteiger partial charge on any atom is 0.411 e. The largest absolute Gasteiger partial charge is 0.436 e. The molecule has 2 aliphatic carbocycles. The lowest BCUT2D eigenvalue weighted by Gasteiger charge is -2.42. The van der Waals surface area contributed by atoms with Crippen LogP contribution in [0.1, 0.15) is 51.0 Å². The van der Waals surface area contributed by atoms with Crippen LogP contribution in [-0.2, 0) is 14.9 Å². The number of amides is 2. The molecule has 2 spiro atoms. The minimum atomic E-state index is -0.220. The van der Waals surface area contributed by atoms with Crippen LogP contribution in [0.3, 0.4) is 0 Å². The molecular weight excluding hydrogens is 402 g/mol. The maximum atomic E-state index is 12.5. The molecule has 32 heavy (non-hydrogen) atoms. The number of piperidine rings is 2. The summed E-state index contributed by atoms with van der Waals surface area (Å²) in [6.07, 6.45) is 11.8. The summed E-state index contributed by atoms with van der Waals surface area (Å²) >= 11 is 0. The summed E-state index contributed by atoms with van der Waals surface area (Å²) in [5, 5.41) is 0. The number of benzene rings is 1. The Morgan fingerprint density at radius 3 is 2.75 bits per heavy atom. The Hall–Kier alpha value is -2.52. The molecule has 3 heterocycles. The highest BCUT2D eigenvalue weighted by Crippen LogP contribution is 2.65. The van der Waals surface area contributed by atoms with Gasteiger partial charge in [-0.1, -0.05) is 24.1 Å². The molecule has 4 atom stereocenters. The summed E-state index contributed by atoms with van der Waals surface area (Å²) in [4.78, 5) is 31.4. The van der Waals surface area contributed by atoms with Gasteiger partial charge in [-0.2, -0.15) is 0 Å². The quantitative estimate of drug-likeness (QED) is 0.531. The number of para-hydroxylation sites is 1. The van der Waals surface area contributed by atoms with Crippen molar-refractivity contribution in [2.45, 2.75) is 68.5 Å². The zero-order chi connectivity index (χ0) is 22.1. The van der Waals surface area contributed by atoms with E-state index in [0.717, 1.165) is 51.0 Å². The number of hydrogen-bond acceptors (Lipinski definition) is 4. The Kier molecular flexibility index (Phi) is 4.39. The van der Waals surface area contributed by atoms with Gasteiger partial charge >= 0.3 is 6.09 Å². The molecule has 168 valence electrons. The zero-order valence-electron chi connectivity index (χ0n) is 18.8. The van der Waals surface area contributed by atoms with Gasteiger partial charge in [-0.3, -0.25) is 9.69 Å². The molecule has 0 aromatic heterocycles. The molecule has 1 aromatic rings. The number of rotatable bonds is 2. The Labute approximate surface area is 189 Å². The number of likely N-dealkylation sites (tertiary alicyclic amines) is 2. The summed E-state index contributed by atoms with van der Waals surface area (Å²) in [5.74, 6) is 3.13. The normalized spacial score (nSPS) is 34.1. The van der Waals surface area contributed by atoms with E-state index in [0.29, 0.717) is 18.0 Å². The summed E-state index contributed by atoms with van der Waals surface area (Å²) in [6, 6.07) is 9.34. The van der Waals surface area contributed by atoms with E-state index in [1.807, 2.05) is 15.9 Å². The molecule has 6 nitrogen and oxygen atoms in total. The van der Waals surface area contributed by atoms with E-state index < -0.39 is 0 Å². The van der Waals surface area contributed by atoms with Crippen molar-refractivity contribution in [2.75, 3.05) is 31.1 Å². The predicted molar refractivity (Wildman–Crippen MR) is 121 cm³/mol. The molecule has 6 rings (SSSR count). The van der Waals surface area contributed by atoms with Crippen molar-refractivity contribution in [3.63, 3.8) is 0 Å². The first kappa shape index (κ1) is 20.1. The highest BCUT2D eigenvalue weighted by Gasteiger charge is 2.75. The maximum absolute atomic E-state index is 12.5. The van der Waals surface area contributed by atoms with Crippen LogP contribution < -0.4 is 4.90 Å². The van der Waals surface area contributed by atoms with Gasteiger partial charge in [-0.25, -0.2) is 4.79 Å². The minimum absolute atomic E-state index is 0.0247. The number of hydrogen-bond donors (Lipinski definition) is 0. The number of carbonyl (C=O) groups is 2. The second-order valence-corrected chi connectivity index (χ2v) is 10.4. The fraction of sp³-hybridized carbons (Fsp3) is 0.615. The number of ether oxygens (including phenoxy) is 1. The lowest BCUT2D eigenvalue weighted by Crippen LogP contribution is -2.48. The van der Waals surface area contributed by atoms with Crippen molar-refractivity contribution in [3.05, 3.63) is 29.8 Å². The van der Waals surface area contributed by atoms with Gasteiger partial charge in [-0.05, 0) is 69.2 Å². The van der Waals surface area contributed by atoms with Gasteiger partial charge < -0.3 is 14.5 Å². The van der Waals surface area contributed by atoms with Crippen molar-refractivity contribution in [1.29, 1.82) is 0 Å². The van der Waals surface area contributed by atoms with E-state index in [9.17, 15) is 9.59 Å². The lowest BCUT2D eigenvalue weighted by molar-refractivity contribution is -0.116. The summed E-state index contributed by atoms with van der Waals surface area (Å²) in [5.41, 5.74) is 2.56. The van der Waals surface area contributed by atoms with E-state index in [1.54, 1.807) is 6.92 Å². The molecule has 0 bridgehead atoms. The van der Waals surface area contributed by atoms with E-state index in [2.05, 4.69) is 29.0 Å². The van der Waals surface area contributed by atoms with Crippen molar-refractivity contribution in [3.8, 4) is 12.3 Å². The fourth-order valence-corrected chi connectivity index (χ4v) is 7.78. The second-order valence-electron chi connectivity index (χ2n) is 10.4. The van der Waals surface area contributed by atoms with Gasteiger partial charge in [0.05, 0.1) is 11.6 Å². The number of nitrogens with zero attached hydrogens (tertiary/aromatic N) is 3. The average Bonchev–Trinajstić information content (AvgIpc) is 3.07. The van der Waals surface area contributed by atoms with Crippen LogP contribution in [0.4, 0.5) is 10.5 Å². The van der Waals surface area contributed by atoms with E-state index >= 15 is 0 Å². The molecule has 3 aliphatic heterocycles. The van der Waals surface area contributed by atoms with E-state index in [4.69, 9.17) is 11.2 Å². The van der Waals surface area contributed by atoms with Crippen LogP contribution >= 0.6 is 0 Å². The Morgan fingerprint density at radius 2 is 2.00 bits per heavy atom. The third-order valence-electron chi connectivity index (χ3n) is 9.24. The molecule has 2 saturated heterocycles. The SMILES string of the molecule is C#CCOC(=O)N1C2CCC3CC(N4CCC5(CC4)CN(C(C)=O)c4ccccc45)CC321. The molecule has 5 aliphatic rings. The van der Waals surface area contributed by atoms with E-state index in [-0.39, 0.29) is 29.6 Å². The molecule has 0 N–H and O–H groups in total. The number of terminal acetylenes is 1. The van der Waals surface area contributed by atoms with Gasteiger partial charge in [0.15, 0.2) is 6.61 Å². The van der Waals surface area contributed by atoms with Crippen LogP contribution in [0.25, 0.3) is 0 Å². The molecular formula is C26H31N3O3. The monoisotopic (exact) mass is 433 g/mol. The third kappa shape index (κ3) is 2.64. The van der Waals surface area contributed by atoms with Gasteiger partial charge in [0, 0.05) is 30.6 Å². The molecule has 4 unspecified atom stereocenters. The Balaban J connectivity index is 1.15. The number of fused-ring (bicyclic) bond motifs is 2. The predicted octanol–water partition coefficient (Wildman–Crippen LogP) is 3.15. The summed E-state index contributed by atoms with van der Waals surface area (Å²) < 4.78 is 5.27. The van der Waals surface area contributed by atoms with Crippen LogP contribution in [0.5, 0.6) is 0 Å². The van der Waals surface area contributed by atoms with Crippen molar-refractivity contribution in [1.82, 2.24) is 9.80 Å². The zero-order valence-corrected chi connectivity index (χ0v) is 18.8.